The number of aryl methyl sites for hydroxylation is 2. The predicted molar refractivity (Wildman–Crippen MR) is 169 cm³/mol. The van der Waals surface area contributed by atoms with E-state index in [1.807, 2.05) is 55.5 Å². The molecule has 0 aliphatic rings. The highest BCUT2D eigenvalue weighted by molar-refractivity contribution is 7.82. The number of H-pyrrole nitrogens is 1. The van der Waals surface area contributed by atoms with Gasteiger partial charge < -0.3 is 13.7 Å². The molecule has 2 aromatic heterocycles. The van der Waals surface area contributed by atoms with E-state index in [4.69, 9.17) is 13.7 Å². The first-order chi connectivity index (χ1) is 20.2. The van der Waals surface area contributed by atoms with Crippen LogP contribution in [0.15, 0.2) is 48.5 Å². The highest BCUT2D eigenvalue weighted by Gasteiger charge is 2.18. The molecular formula is C32H45N5O4S. The summed E-state index contributed by atoms with van der Waals surface area (Å²) in [5.41, 5.74) is 3.63. The molecule has 0 fully saturated rings. The van der Waals surface area contributed by atoms with Crippen molar-refractivity contribution < 1.29 is 17.9 Å². The first kappa shape index (κ1) is 31.4. The lowest BCUT2D eigenvalue weighted by atomic mass is 9.93. The number of hydrogen-bond acceptors (Lipinski definition) is 6. The molecule has 0 radical (unpaired) electrons. The van der Waals surface area contributed by atoms with Crippen molar-refractivity contribution >= 4 is 22.6 Å². The molecule has 0 bridgehead atoms. The van der Waals surface area contributed by atoms with Crippen LogP contribution in [0.5, 0.6) is 17.2 Å². The van der Waals surface area contributed by atoms with Gasteiger partial charge in [-0.2, -0.15) is 8.84 Å². The second kappa shape index (κ2) is 15.1. The van der Waals surface area contributed by atoms with Crippen molar-refractivity contribution in [3.8, 4) is 17.2 Å². The molecule has 0 spiro atoms. The molecule has 4 aromatic rings. The zero-order chi connectivity index (χ0) is 30.0. The third-order valence-corrected chi connectivity index (χ3v) is 7.61. The summed E-state index contributed by atoms with van der Waals surface area (Å²) < 4.78 is 34.9. The maximum atomic E-state index is 12.7. The zero-order valence-corrected chi connectivity index (χ0v) is 26.4. The molecule has 2 N–H and O–H groups in total. The molecule has 2 heterocycles. The van der Waals surface area contributed by atoms with Crippen LogP contribution in [0.4, 0.5) is 5.69 Å². The average Bonchev–Trinajstić information content (AvgIpc) is 3.52. The van der Waals surface area contributed by atoms with Gasteiger partial charge in [0, 0.05) is 29.3 Å². The van der Waals surface area contributed by atoms with Crippen LogP contribution >= 0.6 is 0 Å². The van der Waals surface area contributed by atoms with Crippen LogP contribution in [0, 0.1) is 6.92 Å². The summed E-state index contributed by atoms with van der Waals surface area (Å²) in [4.78, 5) is 4.61. The second-order valence-electron chi connectivity index (χ2n) is 11.7. The van der Waals surface area contributed by atoms with Gasteiger partial charge in [0.15, 0.2) is 23.0 Å². The third kappa shape index (κ3) is 9.51. The fourth-order valence-electron chi connectivity index (χ4n) is 4.41. The molecule has 0 aliphatic carbocycles. The minimum absolute atomic E-state index is 0.0235. The molecule has 1 atom stereocenters. The summed E-state index contributed by atoms with van der Waals surface area (Å²) in [6.07, 6.45) is 8.67. The standard InChI is InChI=1S/C32H45N5O4S/c1-6-7-8-9-10-11-20-40-27-19-14-24(2)22-28(27)41-42(38)36-25-15-17-26(18-16-25)39-21-12-13-30-33-31-23-29(32(3,4)5)34-37(31)35-30/h14-19,22-23,34,36H,6-13,20-21H2,1-5H3. The van der Waals surface area contributed by atoms with E-state index in [2.05, 4.69) is 47.6 Å². The van der Waals surface area contributed by atoms with Crippen molar-refractivity contribution in [3.63, 3.8) is 0 Å². The Morgan fingerprint density at radius 2 is 1.64 bits per heavy atom. The number of aromatic nitrogens is 4. The topological polar surface area (TPSA) is 103 Å². The number of nitrogens with one attached hydrogen (secondary N) is 2. The molecule has 0 aliphatic heterocycles. The molecule has 228 valence electrons. The van der Waals surface area contributed by atoms with E-state index in [-0.39, 0.29) is 5.41 Å². The Morgan fingerprint density at radius 3 is 2.38 bits per heavy atom. The van der Waals surface area contributed by atoms with Crippen LogP contribution in [0.3, 0.4) is 0 Å². The molecule has 0 amide bonds. The highest BCUT2D eigenvalue weighted by Crippen LogP contribution is 2.30. The zero-order valence-electron chi connectivity index (χ0n) is 25.6. The summed E-state index contributed by atoms with van der Waals surface area (Å²) in [5.74, 6) is 2.59. The van der Waals surface area contributed by atoms with E-state index in [9.17, 15) is 4.21 Å². The maximum absolute atomic E-state index is 12.7. The molecule has 0 saturated carbocycles. The fraction of sp³-hybridized carbons (Fsp3) is 0.500. The number of ether oxygens (including phenoxy) is 2. The molecule has 1 unspecified atom stereocenters. The summed E-state index contributed by atoms with van der Waals surface area (Å²) in [7, 11) is 0. The van der Waals surface area contributed by atoms with Gasteiger partial charge in [0.1, 0.15) is 5.75 Å². The lowest BCUT2D eigenvalue weighted by Gasteiger charge is -2.14. The van der Waals surface area contributed by atoms with E-state index in [0.29, 0.717) is 30.4 Å². The number of unbranched alkanes of at least 4 members (excludes halogenated alkanes) is 5. The Labute approximate surface area is 252 Å². The van der Waals surface area contributed by atoms with E-state index in [1.54, 1.807) is 4.63 Å². The SMILES string of the molecule is CCCCCCCCOc1ccc(C)cc1OS(=O)Nc1ccc(OCCCc2nc3cc(C(C)(C)C)[nH]n3n2)cc1. The first-order valence-electron chi connectivity index (χ1n) is 15.0. The molecule has 2 aromatic carbocycles. The minimum atomic E-state index is -1.79. The lowest BCUT2D eigenvalue weighted by molar-refractivity contribution is 0.296. The van der Waals surface area contributed by atoms with Gasteiger partial charge in [0.05, 0.1) is 13.2 Å². The van der Waals surface area contributed by atoms with Crippen molar-refractivity contribution in [2.45, 2.75) is 91.4 Å². The normalized spacial score (nSPS) is 12.4. The average molecular weight is 596 g/mol. The Morgan fingerprint density at radius 1 is 0.905 bits per heavy atom. The molecule has 42 heavy (non-hydrogen) atoms. The van der Waals surface area contributed by atoms with Crippen molar-refractivity contribution in [1.29, 1.82) is 0 Å². The quantitative estimate of drug-likeness (QED) is 0.123. The van der Waals surface area contributed by atoms with Gasteiger partial charge in [-0.25, -0.2) is 4.98 Å². The van der Waals surface area contributed by atoms with Crippen LogP contribution in [0.2, 0.25) is 0 Å². The molecular weight excluding hydrogens is 550 g/mol. The molecule has 9 nitrogen and oxygen atoms in total. The summed E-state index contributed by atoms with van der Waals surface area (Å²) in [6, 6.07) is 15.0. The number of fused-ring (bicyclic) bond motifs is 1. The van der Waals surface area contributed by atoms with Gasteiger partial charge in [0.2, 0.25) is 0 Å². The van der Waals surface area contributed by atoms with Crippen molar-refractivity contribution in [1.82, 2.24) is 19.8 Å². The number of nitrogens with zero attached hydrogens (tertiary/aromatic N) is 3. The van der Waals surface area contributed by atoms with Gasteiger partial charge >= 0.3 is 11.3 Å². The van der Waals surface area contributed by atoms with E-state index in [1.165, 1.54) is 25.7 Å². The predicted octanol–water partition coefficient (Wildman–Crippen LogP) is 7.48. The number of rotatable bonds is 17. The maximum Gasteiger partial charge on any atom is 0.316 e. The second-order valence-corrected chi connectivity index (χ2v) is 12.5. The molecule has 4 rings (SSSR count). The van der Waals surface area contributed by atoms with Gasteiger partial charge in [0.25, 0.3) is 0 Å². The number of aromatic amines is 1. The Bertz CT molecular complexity index is 1390. The Balaban J connectivity index is 1.19. The summed E-state index contributed by atoms with van der Waals surface area (Å²) >= 11 is -1.79. The number of benzene rings is 2. The fourth-order valence-corrected chi connectivity index (χ4v) is 5.08. The highest BCUT2D eigenvalue weighted by atomic mass is 32.2. The van der Waals surface area contributed by atoms with Crippen molar-refractivity contribution in [2.75, 3.05) is 17.9 Å². The largest absolute Gasteiger partial charge is 0.494 e. The molecule has 10 heteroatoms. The van der Waals surface area contributed by atoms with Crippen LogP contribution < -0.4 is 18.4 Å². The number of anilines is 1. The van der Waals surface area contributed by atoms with Crippen LogP contribution in [-0.2, 0) is 23.1 Å². The summed E-state index contributed by atoms with van der Waals surface area (Å²) in [5, 5.41) is 7.83. The minimum Gasteiger partial charge on any atom is -0.494 e. The smallest absolute Gasteiger partial charge is 0.316 e. The Kier molecular flexibility index (Phi) is 11.3. The number of hydrogen-bond donors (Lipinski definition) is 2. The van der Waals surface area contributed by atoms with Crippen molar-refractivity contribution in [3.05, 3.63) is 65.6 Å². The van der Waals surface area contributed by atoms with Crippen molar-refractivity contribution in [2.24, 2.45) is 0 Å². The van der Waals surface area contributed by atoms with Crippen LogP contribution in [-0.4, -0.2) is 37.2 Å². The van der Waals surface area contributed by atoms with Crippen LogP contribution in [0.25, 0.3) is 5.65 Å². The molecule has 0 saturated heterocycles. The lowest BCUT2D eigenvalue weighted by Crippen LogP contribution is -2.12. The van der Waals surface area contributed by atoms with Gasteiger partial charge in [-0.1, -0.05) is 65.9 Å². The monoisotopic (exact) mass is 595 g/mol. The van der Waals surface area contributed by atoms with Gasteiger partial charge in [-0.05, 0) is 61.7 Å². The Hall–Kier alpha value is -3.53. The van der Waals surface area contributed by atoms with E-state index in [0.717, 1.165) is 54.2 Å². The van der Waals surface area contributed by atoms with E-state index < -0.39 is 11.3 Å². The van der Waals surface area contributed by atoms with Gasteiger partial charge in [-0.15, -0.1) is 5.10 Å². The first-order valence-corrected chi connectivity index (χ1v) is 16.1. The van der Waals surface area contributed by atoms with E-state index >= 15 is 0 Å². The third-order valence-electron chi connectivity index (χ3n) is 6.87. The van der Waals surface area contributed by atoms with Crippen LogP contribution in [0.1, 0.15) is 89.7 Å². The van der Waals surface area contributed by atoms with Gasteiger partial charge in [-0.3, -0.25) is 9.82 Å². The summed E-state index contributed by atoms with van der Waals surface area (Å²) in [6.45, 7) is 11.8.